The number of carbonyl (C=O) groups excluding carboxylic acids is 1. The van der Waals surface area contributed by atoms with Crippen LogP contribution in [0, 0.1) is 11.3 Å². The highest BCUT2D eigenvalue weighted by molar-refractivity contribution is 6.51. The molecule has 1 N–H and O–H groups in total. The van der Waals surface area contributed by atoms with E-state index in [9.17, 15) is 4.79 Å². The molecule has 0 atom stereocenters. The molecule has 6 heteroatoms. The minimum atomic E-state index is -0.466. The van der Waals surface area contributed by atoms with Crippen molar-refractivity contribution in [1.82, 2.24) is 0 Å². The molecule has 0 spiro atoms. The highest BCUT2D eigenvalue weighted by Gasteiger charge is 2.14. The summed E-state index contributed by atoms with van der Waals surface area (Å²) < 4.78 is 5.02. The standard InChI is InChI=1S/C16H12ClN3O2/c1-22-14-8-2-11(3-9-14)16(21)15(10-18)20-19-13-6-4-12(17)5-7-13/h2-9,19H,1H3/b20-15+. The summed E-state index contributed by atoms with van der Waals surface area (Å²) in [6, 6.07) is 15.0. The number of hydrazone groups is 1. The molecule has 0 aliphatic heterocycles. The number of Topliss-reactive ketones (excluding diaryl/α,β-unsaturated/α-hetero) is 1. The van der Waals surface area contributed by atoms with Gasteiger partial charge in [-0.25, -0.2) is 0 Å². The Morgan fingerprint density at radius 2 is 1.82 bits per heavy atom. The van der Waals surface area contributed by atoms with Gasteiger partial charge in [-0.3, -0.25) is 10.2 Å². The van der Waals surface area contributed by atoms with E-state index < -0.39 is 5.78 Å². The van der Waals surface area contributed by atoms with Crippen molar-refractivity contribution in [2.24, 2.45) is 5.10 Å². The predicted octanol–water partition coefficient (Wildman–Crippen LogP) is 3.52. The molecule has 0 heterocycles. The molecule has 0 unspecified atom stereocenters. The molecule has 2 aromatic carbocycles. The van der Waals surface area contributed by atoms with E-state index in [1.54, 1.807) is 54.6 Å². The molecule has 2 aromatic rings. The predicted molar refractivity (Wildman–Crippen MR) is 85.4 cm³/mol. The number of benzene rings is 2. The molecular formula is C16H12ClN3O2. The Hall–Kier alpha value is -2.84. The van der Waals surface area contributed by atoms with Gasteiger partial charge in [0.1, 0.15) is 11.8 Å². The SMILES string of the molecule is COc1ccc(C(=O)/C(C#N)=N/Nc2ccc(Cl)cc2)cc1. The fourth-order valence-electron chi connectivity index (χ4n) is 1.65. The fourth-order valence-corrected chi connectivity index (χ4v) is 1.78. The van der Waals surface area contributed by atoms with Gasteiger partial charge in [-0.2, -0.15) is 10.4 Å². The van der Waals surface area contributed by atoms with Crippen LogP contribution in [0.5, 0.6) is 5.75 Å². The van der Waals surface area contributed by atoms with Gasteiger partial charge in [0.15, 0.2) is 0 Å². The zero-order valence-corrected chi connectivity index (χ0v) is 12.5. The van der Waals surface area contributed by atoms with Gasteiger partial charge in [0.05, 0.1) is 12.8 Å². The quantitative estimate of drug-likeness (QED) is 0.520. The van der Waals surface area contributed by atoms with Crippen LogP contribution in [0.15, 0.2) is 53.6 Å². The molecule has 22 heavy (non-hydrogen) atoms. The molecule has 0 saturated heterocycles. The van der Waals surface area contributed by atoms with Crippen molar-refractivity contribution >= 4 is 28.8 Å². The second kappa shape index (κ2) is 7.25. The molecule has 0 aliphatic rings. The van der Waals surface area contributed by atoms with E-state index in [2.05, 4.69) is 10.5 Å². The van der Waals surface area contributed by atoms with E-state index in [-0.39, 0.29) is 5.71 Å². The maximum absolute atomic E-state index is 12.2. The molecular weight excluding hydrogens is 302 g/mol. The Balaban J connectivity index is 2.15. The Morgan fingerprint density at radius 3 is 2.36 bits per heavy atom. The van der Waals surface area contributed by atoms with Crippen LogP contribution in [0.1, 0.15) is 10.4 Å². The first-order chi connectivity index (χ1) is 10.6. The van der Waals surface area contributed by atoms with E-state index in [1.807, 2.05) is 0 Å². The van der Waals surface area contributed by atoms with Crippen LogP contribution in [0.25, 0.3) is 0 Å². The molecule has 0 aromatic heterocycles. The van der Waals surface area contributed by atoms with E-state index in [4.69, 9.17) is 21.6 Å². The van der Waals surface area contributed by atoms with E-state index in [0.29, 0.717) is 22.0 Å². The number of carbonyl (C=O) groups is 1. The first-order valence-corrected chi connectivity index (χ1v) is 6.70. The van der Waals surface area contributed by atoms with Crippen LogP contribution < -0.4 is 10.2 Å². The molecule has 0 fully saturated rings. The third kappa shape index (κ3) is 3.84. The second-order valence-corrected chi connectivity index (χ2v) is 4.68. The number of rotatable bonds is 5. The number of nitriles is 1. The summed E-state index contributed by atoms with van der Waals surface area (Å²) in [7, 11) is 1.54. The van der Waals surface area contributed by atoms with Crippen LogP contribution in [0.3, 0.4) is 0 Å². The van der Waals surface area contributed by atoms with Crippen molar-refractivity contribution in [3.05, 3.63) is 59.1 Å². The molecule has 0 radical (unpaired) electrons. The molecule has 2 rings (SSSR count). The Bertz CT molecular complexity index is 731. The lowest BCUT2D eigenvalue weighted by molar-refractivity contribution is 0.106. The number of halogens is 1. The number of ketones is 1. The molecule has 0 bridgehead atoms. The van der Waals surface area contributed by atoms with Crippen LogP contribution in [0.2, 0.25) is 5.02 Å². The van der Waals surface area contributed by atoms with Crippen molar-refractivity contribution in [2.75, 3.05) is 12.5 Å². The van der Waals surface area contributed by atoms with E-state index in [1.165, 1.54) is 7.11 Å². The summed E-state index contributed by atoms with van der Waals surface area (Å²) in [5, 5.41) is 13.5. The maximum atomic E-state index is 12.2. The van der Waals surface area contributed by atoms with Gasteiger partial charge in [-0.05, 0) is 48.5 Å². The van der Waals surface area contributed by atoms with Crippen molar-refractivity contribution in [3.8, 4) is 11.8 Å². The smallest absolute Gasteiger partial charge is 0.223 e. The number of nitrogens with zero attached hydrogens (tertiary/aromatic N) is 2. The normalized spacial score (nSPS) is 10.7. The third-order valence-corrected chi connectivity index (χ3v) is 3.07. The largest absolute Gasteiger partial charge is 0.497 e. The van der Waals surface area contributed by atoms with Crippen LogP contribution >= 0.6 is 11.6 Å². The Labute approximate surface area is 132 Å². The average molecular weight is 314 g/mol. The zero-order chi connectivity index (χ0) is 15.9. The van der Waals surface area contributed by atoms with Crippen molar-refractivity contribution in [3.63, 3.8) is 0 Å². The summed E-state index contributed by atoms with van der Waals surface area (Å²) in [5.74, 6) is 0.165. The Morgan fingerprint density at radius 1 is 1.18 bits per heavy atom. The van der Waals surface area contributed by atoms with Crippen LogP contribution in [-0.4, -0.2) is 18.6 Å². The molecule has 0 saturated carbocycles. The molecule has 5 nitrogen and oxygen atoms in total. The van der Waals surface area contributed by atoms with Gasteiger partial charge in [-0.15, -0.1) is 0 Å². The van der Waals surface area contributed by atoms with E-state index in [0.717, 1.165) is 0 Å². The second-order valence-electron chi connectivity index (χ2n) is 4.25. The number of hydrogen-bond donors (Lipinski definition) is 1. The molecule has 110 valence electrons. The van der Waals surface area contributed by atoms with Crippen LogP contribution in [-0.2, 0) is 0 Å². The molecule has 0 aliphatic carbocycles. The van der Waals surface area contributed by atoms with Crippen molar-refractivity contribution in [2.45, 2.75) is 0 Å². The van der Waals surface area contributed by atoms with Crippen molar-refractivity contribution < 1.29 is 9.53 Å². The molecule has 0 amide bonds. The number of anilines is 1. The van der Waals surface area contributed by atoms with Crippen molar-refractivity contribution in [1.29, 1.82) is 5.26 Å². The zero-order valence-electron chi connectivity index (χ0n) is 11.7. The number of nitrogens with one attached hydrogen (secondary N) is 1. The summed E-state index contributed by atoms with van der Waals surface area (Å²) in [4.78, 5) is 12.2. The van der Waals surface area contributed by atoms with Gasteiger partial charge >= 0.3 is 0 Å². The van der Waals surface area contributed by atoms with Gasteiger partial charge in [0.2, 0.25) is 11.5 Å². The van der Waals surface area contributed by atoms with E-state index >= 15 is 0 Å². The lowest BCUT2D eigenvalue weighted by Gasteiger charge is -2.03. The maximum Gasteiger partial charge on any atom is 0.223 e. The summed E-state index contributed by atoms with van der Waals surface area (Å²) >= 11 is 5.78. The van der Waals surface area contributed by atoms with Gasteiger partial charge in [0.25, 0.3) is 0 Å². The number of hydrogen-bond acceptors (Lipinski definition) is 5. The number of ether oxygens (including phenoxy) is 1. The monoisotopic (exact) mass is 313 g/mol. The first kappa shape index (κ1) is 15.5. The average Bonchev–Trinajstić information content (AvgIpc) is 2.57. The third-order valence-electron chi connectivity index (χ3n) is 2.81. The Kier molecular flexibility index (Phi) is 5.12. The fraction of sp³-hybridized carbons (Fsp3) is 0.0625. The minimum absolute atomic E-state index is 0.236. The number of methoxy groups -OCH3 is 1. The lowest BCUT2D eigenvalue weighted by atomic mass is 10.1. The summed E-state index contributed by atoms with van der Waals surface area (Å²) in [5.41, 5.74) is 3.41. The topological polar surface area (TPSA) is 74.5 Å². The van der Waals surface area contributed by atoms with Crippen LogP contribution in [0.4, 0.5) is 5.69 Å². The van der Waals surface area contributed by atoms with Gasteiger partial charge in [-0.1, -0.05) is 11.6 Å². The highest BCUT2D eigenvalue weighted by atomic mass is 35.5. The minimum Gasteiger partial charge on any atom is -0.497 e. The van der Waals surface area contributed by atoms with Gasteiger partial charge in [0, 0.05) is 10.6 Å². The summed E-state index contributed by atoms with van der Waals surface area (Å²) in [6.45, 7) is 0. The first-order valence-electron chi connectivity index (χ1n) is 6.32. The highest BCUT2D eigenvalue weighted by Crippen LogP contribution is 2.14. The lowest BCUT2D eigenvalue weighted by Crippen LogP contribution is -2.14. The summed E-state index contributed by atoms with van der Waals surface area (Å²) in [6.07, 6.45) is 0. The van der Waals surface area contributed by atoms with Gasteiger partial charge < -0.3 is 4.74 Å².